The van der Waals surface area contributed by atoms with Crippen molar-refractivity contribution in [1.29, 1.82) is 5.41 Å². The number of nitrogens with one attached hydrogen (secondary N) is 2. The van der Waals surface area contributed by atoms with Crippen LogP contribution in [0.2, 0.25) is 0 Å². The molecule has 0 spiro atoms. The lowest BCUT2D eigenvalue weighted by atomic mass is 10.1. The number of rotatable bonds is 2. The van der Waals surface area contributed by atoms with Gasteiger partial charge in [-0.15, -0.1) is 0 Å². The van der Waals surface area contributed by atoms with Crippen molar-refractivity contribution in [3.05, 3.63) is 11.9 Å². The van der Waals surface area contributed by atoms with Crippen molar-refractivity contribution >= 4 is 23.5 Å². The van der Waals surface area contributed by atoms with E-state index in [4.69, 9.17) is 15.4 Å². The maximum Gasteiger partial charge on any atom is 0.410 e. The maximum atomic E-state index is 12.6. The highest BCUT2D eigenvalue weighted by molar-refractivity contribution is 6.01. The van der Waals surface area contributed by atoms with Crippen molar-refractivity contribution in [3.63, 3.8) is 0 Å². The van der Waals surface area contributed by atoms with Crippen LogP contribution in [-0.4, -0.2) is 55.9 Å². The van der Waals surface area contributed by atoms with E-state index in [0.717, 1.165) is 5.69 Å². The molecule has 3 heterocycles. The van der Waals surface area contributed by atoms with E-state index in [1.165, 1.54) is 0 Å². The van der Waals surface area contributed by atoms with Gasteiger partial charge in [0, 0.05) is 18.9 Å². The average molecular weight is 378 g/mol. The molecule has 1 aromatic heterocycles. The molecule has 1 saturated heterocycles. The Morgan fingerprint density at radius 2 is 2.11 bits per heavy atom. The highest BCUT2D eigenvalue weighted by Crippen LogP contribution is 2.32. The van der Waals surface area contributed by atoms with Crippen molar-refractivity contribution in [2.24, 2.45) is 5.92 Å². The lowest BCUT2D eigenvalue weighted by Crippen LogP contribution is -2.47. The molecule has 148 valence electrons. The third-order valence-corrected chi connectivity index (χ3v) is 4.79. The molecule has 0 saturated carbocycles. The second kappa shape index (κ2) is 6.84. The number of fused-ring (bicyclic) bond motifs is 1. The molecule has 0 bridgehead atoms. The van der Waals surface area contributed by atoms with Gasteiger partial charge in [-0.3, -0.25) is 30.5 Å². The predicted octanol–water partition coefficient (Wildman–Crippen LogP) is 1.33. The summed E-state index contributed by atoms with van der Waals surface area (Å²) in [5.74, 6) is -0.628. The number of anilines is 1. The molecule has 1 aromatic rings. The van der Waals surface area contributed by atoms with Crippen LogP contribution in [-0.2, 0) is 22.6 Å². The number of hydrogen-bond acceptors (Lipinski definition) is 6. The fraction of sp³-hybridized carbons (Fsp3) is 0.647. The van der Waals surface area contributed by atoms with Gasteiger partial charge in [-0.05, 0) is 27.7 Å². The number of amides is 2. The highest BCUT2D eigenvalue weighted by atomic mass is 16.6. The van der Waals surface area contributed by atoms with Gasteiger partial charge in [0.2, 0.25) is 5.91 Å². The predicted molar refractivity (Wildman–Crippen MR) is 96.6 cm³/mol. The van der Waals surface area contributed by atoms with E-state index in [1.807, 2.05) is 33.2 Å². The van der Waals surface area contributed by atoms with Crippen molar-refractivity contribution in [3.8, 4) is 0 Å². The Morgan fingerprint density at radius 1 is 1.41 bits per heavy atom. The molecule has 27 heavy (non-hydrogen) atoms. The summed E-state index contributed by atoms with van der Waals surface area (Å²) < 4.78 is 7.30. The third kappa shape index (κ3) is 3.75. The summed E-state index contributed by atoms with van der Waals surface area (Å²) in [5, 5.41) is 21.0. The van der Waals surface area contributed by atoms with Gasteiger partial charge in [0.15, 0.2) is 0 Å². The Kier molecular flexibility index (Phi) is 4.85. The van der Waals surface area contributed by atoms with Crippen molar-refractivity contribution in [2.45, 2.75) is 58.8 Å². The van der Waals surface area contributed by atoms with Crippen LogP contribution in [0.15, 0.2) is 6.20 Å². The molecule has 3 N–H and O–H groups in total. The molecular formula is C17H26N6O4. The summed E-state index contributed by atoms with van der Waals surface area (Å²) in [5.41, 5.74) is 2.62. The molecule has 2 atom stereocenters. The summed E-state index contributed by atoms with van der Waals surface area (Å²) in [6.45, 7) is 8.47. The third-order valence-electron chi connectivity index (χ3n) is 4.79. The first-order valence-electron chi connectivity index (χ1n) is 8.94. The van der Waals surface area contributed by atoms with Gasteiger partial charge in [0.1, 0.15) is 11.4 Å². The Balaban J connectivity index is 1.82. The van der Waals surface area contributed by atoms with Crippen LogP contribution in [0.5, 0.6) is 0 Å². The quantitative estimate of drug-likeness (QED) is 0.405. The van der Waals surface area contributed by atoms with Gasteiger partial charge < -0.3 is 9.64 Å². The van der Waals surface area contributed by atoms with Gasteiger partial charge in [0.05, 0.1) is 36.7 Å². The number of hydroxylamine groups is 1. The van der Waals surface area contributed by atoms with Crippen molar-refractivity contribution < 1.29 is 19.5 Å². The standard InChI is InChI=1S/C17H26N6O4/c1-10-7-23-13(9-21(10)16(25)27-17(2,3)4)12(6-19-23)22-8-11(5-14(22)24)15(18)20-26/h6,10-11,26H,5,7-9H2,1-4H3,(H2,18,20). The second-order valence-corrected chi connectivity index (χ2v) is 8.05. The van der Waals surface area contributed by atoms with Crippen LogP contribution >= 0.6 is 0 Å². The summed E-state index contributed by atoms with van der Waals surface area (Å²) in [6, 6.07) is -0.0890. The van der Waals surface area contributed by atoms with Gasteiger partial charge in [-0.2, -0.15) is 5.10 Å². The second-order valence-electron chi connectivity index (χ2n) is 8.05. The summed E-state index contributed by atoms with van der Waals surface area (Å²) in [6.07, 6.45) is 1.37. The fourth-order valence-electron chi connectivity index (χ4n) is 3.40. The maximum absolute atomic E-state index is 12.6. The number of amidine groups is 1. The Labute approximate surface area is 157 Å². The number of hydrogen-bond donors (Lipinski definition) is 3. The molecule has 2 aliphatic rings. The number of carbonyl (C=O) groups excluding carboxylic acids is 2. The molecule has 10 heteroatoms. The Hall–Kier alpha value is -2.62. The minimum absolute atomic E-state index is 0.0871. The molecule has 3 rings (SSSR count). The van der Waals surface area contributed by atoms with Gasteiger partial charge in [0.25, 0.3) is 0 Å². The first kappa shape index (κ1) is 19.2. The van der Waals surface area contributed by atoms with E-state index in [2.05, 4.69) is 5.10 Å². The van der Waals surface area contributed by atoms with Crippen LogP contribution in [0.3, 0.4) is 0 Å². The summed E-state index contributed by atoms with van der Waals surface area (Å²) >= 11 is 0. The molecule has 0 aromatic carbocycles. The topological polar surface area (TPSA) is 124 Å². The minimum atomic E-state index is -0.590. The van der Waals surface area contributed by atoms with E-state index in [1.54, 1.807) is 20.7 Å². The van der Waals surface area contributed by atoms with Crippen LogP contribution < -0.4 is 10.4 Å². The fourth-order valence-corrected chi connectivity index (χ4v) is 3.40. The highest BCUT2D eigenvalue weighted by Gasteiger charge is 2.38. The lowest BCUT2D eigenvalue weighted by Gasteiger charge is -2.36. The number of carbonyl (C=O) groups is 2. The van der Waals surface area contributed by atoms with Crippen LogP contribution in [0.1, 0.15) is 39.8 Å². The van der Waals surface area contributed by atoms with Gasteiger partial charge >= 0.3 is 6.09 Å². The Bertz CT molecular complexity index is 768. The zero-order valence-electron chi connectivity index (χ0n) is 16.0. The average Bonchev–Trinajstić information content (AvgIpc) is 3.14. The molecular weight excluding hydrogens is 352 g/mol. The molecule has 1 fully saturated rings. The van der Waals surface area contributed by atoms with Gasteiger partial charge in [-0.1, -0.05) is 0 Å². The molecule has 2 unspecified atom stereocenters. The zero-order valence-corrected chi connectivity index (χ0v) is 16.0. The molecule has 0 radical (unpaired) electrons. The Morgan fingerprint density at radius 3 is 2.74 bits per heavy atom. The summed E-state index contributed by atoms with van der Waals surface area (Å²) in [7, 11) is 0. The van der Waals surface area contributed by atoms with E-state index in [9.17, 15) is 9.59 Å². The molecule has 2 amide bonds. The first-order valence-corrected chi connectivity index (χ1v) is 8.94. The smallest absolute Gasteiger partial charge is 0.410 e. The molecule has 10 nitrogen and oxygen atoms in total. The van der Waals surface area contributed by atoms with Gasteiger partial charge in [-0.25, -0.2) is 4.79 Å². The molecule has 0 aliphatic carbocycles. The normalized spacial score (nSPS) is 22.6. The first-order chi connectivity index (χ1) is 12.6. The van der Waals surface area contributed by atoms with Crippen molar-refractivity contribution in [2.75, 3.05) is 11.4 Å². The van der Waals surface area contributed by atoms with Crippen LogP contribution in [0.25, 0.3) is 0 Å². The van der Waals surface area contributed by atoms with E-state index in [-0.39, 0.29) is 37.3 Å². The van der Waals surface area contributed by atoms with Crippen LogP contribution in [0.4, 0.5) is 10.5 Å². The number of aromatic nitrogens is 2. The number of nitrogens with zero attached hydrogens (tertiary/aromatic N) is 4. The lowest BCUT2D eigenvalue weighted by molar-refractivity contribution is -0.117. The van der Waals surface area contributed by atoms with E-state index >= 15 is 0 Å². The minimum Gasteiger partial charge on any atom is -0.444 e. The number of ether oxygens (including phenoxy) is 1. The SMILES string of the molecule is CC1Cn2ncc(N3CC(C(=N)NO)CC3=O)c2CN1C(=O)OC(C)(C)C. The summed E-state index contributed by atoms with van der Waals surface area (Å²) in [4.78, 5) is 28.2. The van der Waals surface area contributed by atoms with Crippen LogP contribution in [0, 0.1) is 11.3 Å². The largest absolute Gasteiger partial charge is 0.444 e. The van der Waals surface area contributed by atoms with E-state index in [0.29, 0.717) is 12.2 Å². The van der Waals surface area contributed by atoms with E-state index < -0.39 is 17.6 Å². The monoisotopic (exact) mass is 378 g/mol. The van der Waals surface area contributed by atoms with Crippen molar-refractivity contribution in [1.82, 2.24) is 20.2 Å². The molecule has 2 aliphatic heterocycles. The zero-order chi connectivity index (χ0) is 19.9.